The van der Waals surface area contributed by atoms with Crippen molar-refractivity contribution in [2.24, 2.45) is 0 Å². The van der Waals surface area contributed by atoms with E-state index in [9.17, 15) is 9.90 Å². The summed E-state index contributed by atoms with van der Waals surface area (Å²) in [5.41, 5.74) is 0. The van der Waals surface area contributed by atoms with Gasteiger partial charge in [0.05, 0.1) is 25.0 Å². The quantitative estimate of drug-likeness (QED) is 0.648. The van der Waals surface area contributed by atoms with Crippen LogP contribution in [0.25, 0.3) is 0 Å². The van der Waals surface area contributed by atoms with E-state index in [1.165, 1.54) is 11.8 Å². The van der Waals surface area contributed by atoms with E-state index in [0.717, 1.165) is 42.7 Å². The summed E-state index contributed by atoms with van der Waals surface area (Å²) in [5.74, 6) is 1.17. The molecule has 0 heterocycles. The molecule has 2 atom stereocenters. The zero-order chi connectivity index (χ0) is 15.1. The fraction of sp³-hybridized carbons (Fsp3) is 0.562. The summed E-state index contributed by atoms with van der Waals surface area (Å²) in [6.07, 6.45) is 4.53. The molecule has 2 unspecified atom stereocenters. The van der Waals surface area contributed by atoms with Gasteiger partial charge in [-0.05, 0) is 37.1 Å². The lowest BCUT2D eigenvalue weighted by molar-refractivity contribution is -0.120. The Bertz CT molecular complexity index is 449. The van der Waals surface area contributed by atoms with Crippen LogP contribution in [0.2, 0.25) is 0 Å². The van der Waals surface area contributed by atoms with Gasteiger partial charge in [0.2, 0.25) is 5.91 Å². The topological polar surface area (TPSA) is 58.6 Å². The highest BCUT2D eigenvalue weighted by molar-refractivity contribution is 8.00. The van der Waals surface area contributed by atoms with E-state index in [4.69, 9.17) is 4.74 Å². The molecule has 0 bridgehead atoms. The van der Waals surface area contributed by atoms with E-state index in [2.05, 4.69) is 5.32 Å². The second-order valence-corrected chi connectivity index (χ2v) is 6.39. The fourth-order valence-electron chi connectivity index (χ4n) is 2.53. The number of thioether (sulfide) groups is 1. The summed E-state index contributed by atoms with van der Waals surface area (Å²) in [7, 11) is 1.63. The molecule has 0 aromatic heterocycles. The number of benzene rings is 1. The van der Waals surface area contributed by atoms with E-state index < -0.39 is 6.10 Å². The van der Waals surface area contributed by atoms with Crippen LogP contribution >= 0.6 is 11.8 Å². The molecule has 0 spiro atoms. The maximum absolute atomic E-state index is 12.0. The van der Waals surface area contributed by atoms with Gasteiger partial charge in [0.1, 0.15) is 5.75 Å². The molecule has 0 saturated heterocycles. The Balaban J connectivity index is 1.78. The number of carbonyl (C=O) groups is 1. The third-order valence-corrected chi connectivity index (χ3v) is 4.77. The van der Waals surface area contributed by atoms with Gasteiger partial charge in [-0.15, -0.1) is 11.8 Å². The van der Waals surface area contributed by atoms with Crippen LogP contribution in [0.3, 0.4) is 0 Å². The Kier molecular flexibility index (Phi) is 6.39. The van der Waals surface area contributed by atoms with Crippen molar-refractivity contribution in [2.45, 2.75) is 49.1 Å². The highest BCUT2D eigenvalue weighted by atomic mass is 32.2. The van der Waals surface area contributed by atoms with Crippen LogP contribution in [0.5, 0.6) is 5.75 Å². The van der Waals surface area contributed by atoms with Crippen molar-refractivity contribution in [2.75, 3.05) is 12.9 Å². The van der Waals surface area contributed by atoms with Crippen LogP contribution in [0.4, 0.5) is 0 Å². The number of nitrogens with one attached hydrogen (secondary N) is 1. The Hall–Kier alpha value is -1.20. The van der Waals surface area contributed by atoms with Gasteiger partial charge in [-0.2, -0.15) is 0 Å². The van der Waals surface area contributed by atoms with Crippen LogP contribution in [-0.2, 0) is 4.79 Å². The van der Waals surface area contributed by atoms with Crippen molar-refractivity contribution in [1.29, 1.82) is 0 Å². The first-order chi connectivity index (χ1) is 10.2. The Labute approximate surface area is 130 Å². The number of amides is 1. The third kappa shape index (κ3) is 5.25. The fourth-order valence-corrected chi connectivity index (χ4v) is 3.24. The van der Waals surface area contributed by atoms with Crippen molar-refractivity contribution in [3.63, 3.8) is 0 Å². The predicted octanol–water partition coefficient (Wildman–Crippen LogP) is 2.60. The second-order valence-electron chi connectivity index (χ2n) is 5.34. The first kappa shape index (κ1) is 16.2. The maximum atomic E-state index is 12.0. The van der Waals surface area contributed by atoms with Gasteiger partial charge in [0.25, 0.3) is 0 Å². The highest BCUT2D eigenvalue weighted by Crippen LogP contribution is 2.22. The van der Waals surface area contributed by atoms with Crippen molar-refractivity contribution in [3.05, 3.63) is 24.3 Å². The summed E-state index contributed by atoms with van der Waals surface area (Å²) in [6.45, 7) is 0. The highest BCUT2D eigenvalue weighted by Gasteiger charge is 2.22. The smallest absolute Gasteiger partial charge is 0.230 e. The number of aliphatic hydroxyl groups is 1. The molecule has 4 nitrogen and oxygen atoms in total. The minimum Gasteiger partial charge on any atom is -0.497 e. The van der Waals surface area contributed by atoms with Crippen molar-refractivity contribution in [1.82, 2.24) is 5.32 Å². The second kappa shape index (κ2) is 8.29. The SMILES string of the molecule is COc1ccc(SCC(=O)NC2CCCCCC2O)cc1. The lowest BCUT2D eigenvalue weighted by Crippen LogP contribution is -2.43. The van der Waals surface area contributed by atoms with E-state index in [-0.39, 0.29) is 11.9 Å². The number of carbonyl (C=O) groups excluding carboxylic acids is 1. The molecule has 1 aromatic rings. The van der Waals surface area contributed by atoms with Crippen LogP contribution in [0, 0.1) is 0 Å². The van der Waals surface area contributed by atoms with Gasteiger partial charge >= 0.3 is 0 Å². The molecule has 1 aromatic carbocycles. The molecule has 1 aliphatic carbocycles. The molecule has 21 heavy (non-hydrogen) atoms. The molecular formula is C16H23NO3S. The summed E-state index contributed by atoms with van der Waals surface area (Å²) < 4.78 is 5.10. The molecule has 1 fully saturated rings. The molecule has 2 rings (SSSR count). The lowest BCUT2D eigenvalue weighted by atomic mass is 10.1. The Morgan fingerprint density at radius 2 is 2.00 bits per heavy atom. The average molecular weight is 309 g/mol. The summed E-state index contributed by atoms with van der Waals surface area (Å²) in [6, 6.07) is 7.57. The van der Waals surface area contributed by atoms with Gasteiger partial charge in [-0.1, -0.05) is 19.3 Å². The normalized spacial score (nSPS) is 22.4. The average Bonchev–Trinajstić information content (AvgIpc) is 2.71. The maximum Gasteiger partial charge on any atom is 0.230 e. The van der Waals surface area contributed by atoms with Crippen molar-refractivity contribution >= 4 is 17.7 Å². The Morgan fingerprint density at radius 1 is 1.29 bits per heavy atom. The van der Waals surface area contributed by atoms with Gasteiger partial charge in [-0.3, -0.25) is 4.79 Å². The molecule has 0 aliphatic heterocycles. The molecule has 1 amide bonds. The number of hydrogen-bond donors (Lipinski definition) is 2. The van der Waals surface area contributed by atoms with Crippen molar-refractivity contribution < 1.29 is 14.6 Å². The van der Waals surface area contributed by atoms with E-state index in [1.54, 1.807) is 7.11 Å². The van der Waals surface area contributed by atoms with Crippen LogP contribution in [0.15, 0.2) is 29.2 Å². The molecule has 1 aliphatic rings. The van der Waals surface area contributed by atoms with Gasteiger partial charge in [0.15, 0.2) is 0 Å². The van der Waals surface area contributed by atoms with Crippen LogP contribution in [-0.4, -0.2) is 36.0 Å². The minimum absolute atomic E-state index is 0.0123. The number of methoxy groups -OCH3 is 1. The lowest BCUT2D eigenvalue weighted by Gasteiger charge is -2.21. The minimum atomic E-state index is -0.401. The van der Waals surface area contributed by atoms with Crippen molar-refractivity contribution in [3.8, 4) is 5.75 Å². The molecule has 1 saturated carbocycles. The number of ether oxygens (including phenoxy) is 1. The van der Waals surface area contributed by atoms with E-state index >= 15 is 0 Å². The Morgan fingerprint density at radius 3 is 2.71 bits per heavy atom. The number of hydrogen-bond acceptors (Lipinski definition) is 4. The van der Waals surface area contributed by atoms with E-state index in [0.29, 0.717) is 5.75 Å². The summed E-state index contributed by atoms with van der Waals surface area (Å²) in [5, 5.41) is 13.0. The largest absolute Gasteiger partial charge is 0.497 e. The summed E-state index contributed by atoms with van der Waals surface area (Å²) in [4.78, 5) is 13.0. The first-order valence-corrected chi connectivity index (χ1v) is 8.42. The molecular weight excluding hydrogens is 286 g/mol. The van der Waals surface area contributed by atoms with Gasteiger partial charge in [0, 0.05) is 4.90 Å². The van der Waals surface area contributed by atoms with Crippen LogP contribution in [0.1, 0.15) is 32.1 Å². The molecule has 116 valence electrons. The molecule has 0 radical (unpaired) electrons. The zero-order valence-corrected chi connectivity index (χ0v) is 13.2. The third-order valence-electron chi connectivity index (χ3n) is 3.76. The number of aliphatic hydroxyl groups excluding tert-OH is 1. The molecule has 5 heteroatoms. The molecule has 2 N–H and O–H groups in total. The van der Waals surface area contributed by atoms with Crippen LogP contribution < -0.4 is 10.1 Å². The first-order valence-electron chi connectivity index (χ1n) is 7.43. The zero-order valence-electron chi connectivity index (χ0n) is 12.4. The standard InChI is InChI=1S/C16H23NO3S/c1-20-12-7-9-13(10-8-12)21-11-16(19)17-14-5-3-2-4-6-15(14)18/h7-10,14-15,18H,2-6,11H2,1H3,(H,17,19). The summed E-state index contributed by atoms with van der Waals surface area (Å²) >= 11 is 1.49. The van der Waals surface area contributed by atoms with E-state index in [1.807, 2.05) is 24.3 Å². The van der Waals surface area contributed by atoms with Gasteiger partial charge in [-0.25, -0.2) is 0 Å². The predicted molar refractivity (Wildman–Crippen MR) is 84.7 cm³/mol. The number of rotatable bonds is 5. The van der Waals surface area contributed by atoms with Gasteiger partial charge < -0.3 is 15.2 Å². The monoisotopic (exact) mass is 309 g/mol.